The van der Waals surface area contributed by atoms with Crippen LogP contribution >= 0.6 is 0 Å². The molecule has 0 aromatic carbocycles. The molecule has 0 fully saturated rings. The summed E-state index contributed by atoms with van der Waals surface area (Å²) in [5.74, 6) is -1.09. The van der Waals surface area contributed by atoms with Gasteiger partial charge in [-0.05, 0) is 12.4 Å². The predicted octanol–water partition coefficient (Wildman–Crippen LogP) is -0.605. The van der Waals surface area contributed by atoms with Crippen LogP contribution < -0.4 is 5.46 Å². The van der Waals surface area contributed by atoms with Crippen LogP contribution in [0, 0.1) is 0 Å². The SMILES string of the molecule is [B]c1cn(CC)nc1C(=O)O. The molecular weight excluding hydrogens is 143 g/mol. The zero-order chi connectivity index (χ0) is 8.43. The Morgan fingerprint density at radius 2 is 2.55 bits per heavy atom. The van der Waals surface area contributed by atoms with E-state index in [1.54, 1.807) is 0 Å². The fourth-order valence-corrected chi connectivity index (χ4v) is 0.765. The number of aromatic carboxylic acids is 1. The lowest BCUT2D eigenvalue weighted by Crippen LogP contribution is -2.12. The molecule has 2 radical (unpaired) electrons. The Kier molecular flexibility index (Phi) is 1.98. The topological polar surface area (TPSA) is 55.1 Å². The third-order valence-electron chi connectivity index (χ3n) is 1.32. The van der Waals surface area contributed by atoms with E-state index in [1.807, 2.05) is 6.92 Å². The van der Waals surface area contributed by atoms with Crippen molar-refractivity contribution in [3.63, 3.8) is 0 Å². The highest BCUT2D eigenvalue weighted by atomic mass is 16.4. The first-order valence-corrected chi connectivity index (χ1v) is 3.21. The molecule has 0 saturated heterocycles. The summed E-state index contributed by atoms with van der Waals surface area (Å²) >= 11 is 0. The molecule has 0 saturated carbocycles. The Hall–Kier alpha value is -1.26. The lowest BCUT2D eigenvalue weighted by molar-refractivity contribution is 0.0691. The quantitative estimate of drug-likeness (QED) is 0.572. The van der Waals surface area contributed by atoms with Crippen LogP contribution in [0.1, 0.15) is 17.4 Å². The van der Waals surface area contributed by atoms with Gasteiger partial charge in [0, 0.05) is 12.7 Å². The number of hydrogen-bond acceptors (Lipinski definition) is 2. The van der Waals surface area contributed by atoms with Crippen molar-refractivity contribution in [2.24, 2.45) is 0 Å². The van der Waals surface area contributed by atoms with E-state index >= 15 is 0 Å². The maximum atomic E-state index is 10.4. The molecular formula is C6H7BN2O2. The van der Waals surface area contributed by atoms with Crippen molar-refractivity contribution in [3.05, 3.63) is 11.9 Å². The van der Waals surface area contributed by atoms with E-state index < -0.39 is 5.97 Å². The second kappa shape index (κ2) is 2.78. The molecule has 0 spiro atoms. The van der Waals surface area contributed by atoms with E-state index in [0.717, 1.165) is 0 Å². The summed E-state index contributed by atoms with van der Waals surface area (Å²) < 4.78 is 1.48. The number of aryl methyl sites for hydroxylation is 1. The third-order valence-corrected chi connectivity index (χ3v) is 1.32. The molecule has 0 aliphatic carbocycles. The van der Waals surface area contributed by atoms with Gasteiger partial charge in [-0.1, -0.05) is 0 Å². The zero-order valence-corrected chi connectivity index (χ0v) is 6.11. The Morgan fingerprint density at radius 1 is 1.91 bits per heavy atom. The number of carbonyl (C=O) groups is 1. The summed E-state index contributed by atoms with van der Waals surface area (Å²) in [7, 11) is 5.35. The summed E-state index contributed by atoms with van der Waals surface area (Å²) in [6.45, 7) is 2.48. The van der Waals surface area contributed by atoms with Crippen LogP contribution in [0.4, 0.5) is 0 Å². The van der Waals surface area contributed by atoms with Gasteiger partial charge in [-0.15, -0.1) is 0 Å². The van der Waals surface area contributed by atoms with Gasteiger partial charge in [0.1, 0.15) is 7.85 Å². The molecule has 1 rings (SSSR count). The molecule has 4 nitrogen and oxygen atoms in total. The highest BCUT2D eigenvalue weighted by molar-refractivity contribution is 6.35. The summed E-state index contributed by atoms with van der Waals surface area (Å²) in [5.41, 5.74) is 0.131. The van der Waals surface area contributed by atoms with Crippen LogP contribution in [-0.2, 0) is 6.54 Å². The molecule has 0 amide bonds. The van der Waals surface area contributed by atoms with Crippen molar-refractivity contribution in [2.75, 3.05) is 0 Å². The molecule has 0 bridgehead atoms. The van der Waals surface area contributed by atoms with E-state index in [-0.39, 0.29) is 11.2 Å². The van der Waals surface area contributed by atoms with Gasteiger partial charge in [0.25, 0.3) is 0 Å². The van der Waals surface area contributed by atoms with Gasteiger partial charge in [-0.2, -0.15) is 5.10 Å². The molecule has 1 heterocycles. The number of hydrogen-bond donors (Lipinski definition) is 1. The van der Waals surface area contributed by atoms with Crippen LogP contribution in [0.2, 0.25) is 0 Å². The average Bonchev–Trinajstić information content (AvgIpc) is 2.30. The van der Waals surface area contributed by atoms with Crippen molar-refractivity contribution in [3.8, 4) is 0 Å². The second-order valence-corrected chi connectivity index (χ2v) is 2.09. The number of carboxylic acids is 1. The van der Waals surface area contributed by atoms with Crippen molar-refractivity contribution in [2.45, 2.75) is 13.5 Å². The smallest absolute Gasteiger partial charge is 0.355 e. The van der Waals surface area contributed by atoms with Crippen LogP contribution in [-0.4, -0.2) is 28.7 Å². The van der Waals surface area contributed by atoms with Crippen molar-refractivity contribution < 1.29 is 9.90 Å². The van der Waals surface area contributed by atoms with Crippen molar-refractivity contribution >= 4 is 19.3 Å². The lowest BCUT2D eigenvalue weighted by Gasteiger charge is -1.89. The van der Waals surface area contributed by atoms with Crippen LogP contribution in [0.15, 0.2) is 6.20 Å². The van der Waals surface area contributed by atoms with Crippen molar-refractivity contribution in [1.82, 2.24) is 9.78 Å². The van der Waals surface area contributed by atoms with Crippen LogP contribution in [0.5, 0.6) is 0 Å². The predicted molar refractivity (Wildman–Crippen MR) is 40.2 cm³/mol. The summed E-state index contributed by atoms with van der Waals surface area (Å²) in [4.78, 5) is 10.4. The highest BCUT2D eigenvalue weighted by Gasteiger charge is 2.10. The molecule has 1 N–H and O–H groups in total. The van der Waals surface area contributed by atoms with Gasteiger partial charge in [-0.25, -0.2) is 4.79 Å². The minimum atomic E-state index is -1.09. The van der Waals surface area contributed by atoms with Gasteiger partial charge in [0.05, 0.1) is 0 Å². The summed E-state index contributed by atoms with van der Waals surface area (Å²) in [6, 6.07) is 0. The standard InChI is InChI=1S/C6H7BN2O2/c1-2-9-3-4(7)5(8-9)6(10)11/h3H,2H2,1H3,(H,10,11). The molecule has 0 aliphatic heterocycles. The number of aromatic nitrogens is 2. The molecule has 0 atom stereocenters. The molecule has 11 heavy (non-hydrogen) atoms. The minimum absolute atomic E-state index is 0.0770. The first-order valence-electron chi connectivity index (χ1n) is 3.21. The van der Waals surface area contributed by atoms with Gasteiger partial charge >= 0.3 is 5.97 Å². The van der Waals surface area contributed by atoms with E-state index in [4.69, 9.17) is 13.0 Å². The highest BCUT2D eigenvalue weighted by Crippen LogP contribution is 1.90. The second-order valence-electron chi connectivity index (χ2n) is 2.09. The minimum Gasteiger partial charge on any atom is -0.476 e. The fraction of sp³-hybridized carbons (Fsp3) is 0.333. The maximum absolute atomic E-state index is 10.4. The van der Waals surface area contributed by atoms with Gasteiger partial charge in [-0.3, -0.25) is 4.68 Å². The lowest BCUT2D eigenvalue weighted by atomic mass is 9.97. The number of carboxylic acid groups (broad SMARTS) is 1. The molecule has 1 aromatic heterocycles. The Bertz CT molecular complexity index is 282. The molecule has 0 unspecified atom stereocenters. The maximum Gasteiger partial charge on any atom is 0.355 e. The first-order chi connectivity index (χ1) is 5.15. The van der Waals surface area contributed by atoms with E-state index in [9.17, 15) is 4.79 Å². The Balaban J connectivity index is 3.07. The van der Waals surface area contributed by atoms with Gasteiger partial charge < -0.3 is 5.11 Å². The third kappa shape index (κ3) is 1.42. The summed E-state index contributed by atoms with van der Waals surface area (Å²) in [5, 5.41) is 12.2. The zero-order valence-electron chi connectivity index (χ0n) is 6.11. The largest absolute Gasteiger partial charge is 0.476 e. The van der Waals surface area contributed by atoms with Crippen molar-refractivity contribution in [1.29, 1.82) is 0 Å². The van der Waals surface area contributed by atoms with Crippen LogP contribution in [0.3, 0.4) is 0 Å². The first kappa shape index (κ1) is 7.85. The molecule has 56 valence electrons. The fourth-order valence-electron chi connectivity index (χ4n) is 0.765. The van der Waals surface area contributed by atoms with Gasteiger partial charge in [0.2, 0.25) is 0 Å². The van der Waals surface area contributed by atoms with E-state index in [0.29, 0.717) is 6.54 Å². The van der Waals surface area contributed by atoms with E-state index in [1.165, 1.54) is 10.9 Å². The molecule has 0 aliphatic rings. The average molecular weight is 150 g/mol. The Labute approximate surface area is 65.2 Å². The normalized spacial score (nSPS) is 9.91. The molecule has 5 heteroatoms. The summed E-state index contributed by atoms with van der Waals surface area (Å²) in [6.07, 6.45) is 1.50. The van der Waals surface area contributed by atoms with Gasteiger partial charge in [0.15, 0.2) is 5.69 Å². The van der Waals surface area contributed by atoms with Crippen LogP contribution in [0.25, 0.3) is 0 Å². The monoisotopic (exact) mass is 150 g/mol. The molecule has 1 aromatic rings. The Morgan fingerprint density at radius 3 is 2.82 bits per heavy atom. The number of rotatable bonds is 2. The van der Waals surface area contributed by atoms with E-state index in [2.05, 4.69) is 5.10 Å². The number of nitrogens with zero attached hydrogens (tertiary/aromatic N) is 2.